The van der Waals surface area contributed by atoms with Crippen LogP contribution in [0.3, 0.4) is 0 Å². The van der Waals surface area contributed by atoms with Crippen molar-refractivity contribution in [3.05, 3.63) is 72.9 Å². The molecule has 0 aliphatic carbocycles. The molecule has 0 fully saturated rings. The van der Waals surface area contributed by atoms with E-state index in [1.807, 2.05) is 0 Å². The van der Waals surface area contributed by atoms with Gasteiger partial charge < -0.3 is 33.8 Å². The number of aliphatic hydroxyl groups is 1. The van der Waals surface area contributed by atoms with Gasteiger partial charge in [0.15, 0.2) is 12.2 Å². The normalized spacial score (nSPS) is 14.4. The van der Waals surface area contributed by atoms with Crippen molar-refractivity contribution in [3.63, 3.8) is 0 Å². The van der Waals surface area contributed by atoms with Crippen molar-refractivity contribution in [2.45, 2.75) is 341 Å². The van der Waals surface area contributed by atoms with E-state index in [-0.39, 0.29) is 25.7 Å². The summed E-state index contributed by atoms with van der Waals surface area (Å²) in [6, 6.07) is 0. The van der Waals surface area contributed by atoms with Gasteiger partial charge in [-0.3, -0.25) is 37.3 Å². The predicted molar refractivity (Wildman–Crippen MR) is 381 cm³/mol. The summed E-state index contributed by atoms with van der Waals surface area (Å²) in [6.07, 6.45) is 66.2. The number of ether oxygens (including phenoxy) is 4. The lowest BCUT2D eigenvalue weighted by molar-refractivity contribution is -0.161. The molecule has 0 rings (SSSR count). The van der Waals surface area contributed by atoms with Crippen LogP contribution in [0, 0.1) is 0 Å². The second-order valence-corrected chi connectivity index (χ2v) is 27.7. The zero-order chi connectivity index (χ0) is 69.0. The third-order valence-corrected chi connectivity index (χ3v) is 17.6. The molecule has 0 saturated heterocycles. The first-order chi connectivity index (χ1) is 45.7. The van der Waals surface area contributed by atoms with Crippen molar-refractivity contribution < 1.29 is 80.2 Å². The van der Waals surface area contributed by atoms with E-state index in [2.05, 4.69) is 101 Å². The maximum atomic E-state index is 13.1. The van der Waals surface area contributed by atoms with Crippen LogP contribution in [0.4, 0.5) is 0 Å². The zero-order valence-corrected chi connectivity index (χ0v) is 61.2. The van der Waals surface area contributed by atoms with Gasteiger partial charge in [-0.05, 0) is 89.9 Å². The van der Waals surface area contributed by atoms with Gasteiger partial charge in [-0.25, -0.2) is 9.13 Å². The van der Waals surface area contributed by atoms with Crippen LogP contribution in [-0.4, -0.2) is 96.7 Å². The monoisotopic (exact) mass is 1370 g/mol. The van der Waals surface area contributed by atoms with Gasteiger partial charge in [0.1, 0.15) is 19.3 Å². The Morgan fingerprint density at radius 2 is 0.553 bits per heavy atom. The highest BCUT2D eigenvalue weighted by atomic mass is 31.2. The number of unbranched alkanes of at least 4 members (excludes halogenated alkanes) is 32. The van der Waals surface area contributed by atoms with E-state index < -0.39 is 97.5 Å². The molecule has 19 heteroatoms. The maximum Gasteiger partial charge on any atom is 0.472 e. The standard InChI is InChI=1S/C75H134O17P2/c1-5-9-13-17-21-25-29-31-33-34-36-37-41-44-48-52-56-60-73(78)86-66-71(92-75(80)62-58-54-50-46-42-38-35-32-30-26-22-18-14-10-6-2)68-90-94(83,84)88-64-69(76)63-87-93(81,82)89-67-70(91-74(79)61-57-53-49-45-40-28-24-20-16-12-8-4)65-85-72(77)59-55-51-47-43-39-27-23-19-15-11-7-3/h9-10,13-14,21-22,25-26,31-33,35,69-71,76H,5-8,11-12,15-20,23-24,27-30,34,36-68H2,1-4H3,(H,81,82)(H,83,84)/b13-9-,14-10-,25-21-,26-22-,33-31-,35-32-. The smallest absolute Gasteiger partial charge is 0.462 e. The first-order valence-corrected chi connectivity index (χ1v) is 40.2. The Bertz CT molecular complexity index is 2070. The lowest BCUT2D eigenvalue weighted by Gasteiger charge is -2.21. The summed E-state index contributed by atoms with van der Waals surface area (Å²) in [7, 11) is -9.93. The number of phosphoric ester groups is 2. The van der Waals surface area contributed by atoms with Crippen molar-refractivity contribution in [3.8, 4) is 0 Å². The highest BCUT2D eigenvalue weighted by Gasteiger charge is 2.30. The third-order valence-electron chi connectivity index (χ3n) is 15.7. The van der Waals surface area contributed by atoms with Crippen LogP contribution in [0.1, 0.15) is 323 Å². The minimum Gasteiger partial charge on any atom is -0.462 e. The number of hydrogen-bond acceptors (Lipinski definition) is 15. The van der Waals surface area contributed by atoms with Gasteiger partial charge in [0, 0.05) is 25.7 Å². The SMILES string of the molecule is CC/C=C\C/C=C\C/C=C\CCCCCCCCCC(=O)OCC(COP(=O)(O)OCC(O)COP(=O)(O)OCC(COC(=O)CCCCCCCCCCCCC)OC(=O)CCCCCCCCCCCCC)OC(=O)CCCCCCC/C=C\C/C=C\C/C=C\CC. The number of rotatable bonds is 70. The maximum absolute atomic E-state index is 13.1. The van der Waals surface area contributed by atoms with Gasteiger partial charge >= 0.3 is 39.5 Å². The number of carbonyl (C=O) groups is 4. The van der Waals surface area contributed by atoms with Crippen molar-refractivity contribution >= 4 is 39.5 Å². The van der Waals surface area contributed by atoms with Crippen LogP contribution in [-0.2, 0) is 65.4 Å². The third kappa shape index (κ3) is 67.1. The summed E-state index contributed by atoms with van der Waals surface area (Å²) in [5.74, 6) is -2.18. The van der Waals surface area contributed by atoms with Crippen LogP contribution >= 0.6 is 15.6 Å². The fraction of sp³-hybridized carbons (Fsp3) is 0.787. The second-order valence-electron chi connectivity index (χ2n) is 24.8. The molecule has 0 aromatic rings. The highest BCUT2D eigenvalue weighted by Crippen LogP contribution is 2.45. The first-order valence-electron chi connectivity index (χ1n) is 37.2. The number of esters is 4. The summed E-state index contributed by atoms with van der Waals surface area (Å²) in [6.45, 7) is 4.64. The Labute approximate surface area is 571 Å². The largest absolute Gasteiger partial charge is 0.472 e. The summed E-state index contributed by atoms with van der Waals surface area (Å²) in [5, 5.41) is 10.6. The minimum atomic E-state index is -4.97. The average molecular weight is 1370 g/mol. The van der Waals surface area contributed by atoms with E-state index in [4.69, 9.17) is 37.0 Å². The first kappa shape index (κ1) is 90.5. The molecule has 0 bridgehead atoms. The fourth-order valence-corrected chi connectivity index (χ4v) is 11.7. The lowest BCUT2D eigenvalue weighted by atomic mass is 10.1. The van der Waals surface area contributed by atoms with E-state index >= 15 is 0 Å². The Balaban J connectivity index is 5.31. The Hall–Kier alpha value is -3.50. The topological polar surface area (TPSA) is 237 Å². The van der Waals surface area contributed by atoms with Crippen LogP contribution in [0.5, 0.6) is 0 Å². The lowest BCUT2D eigenvalue weighted by Crippen LogP contribution is -2.30. The summed E-state index contributed by atoms with van der Waals surface area (Å²) in [5.41, 5.74) is 0. The van der Waals surface area contributed by atoms with Crippen molar-refractivity contribution in [2.24, 2.45) is 0 Å². The van der Waals surface area contributed by atoms with E-state index in [1.165, 1.54) is 83.5 Å². The molecule has 17 nitrogen and oxygen atoms in total. The van der Waals surface area contributed by atoms with Gasteiger partial charge in [0.2, 0.25) is 0 Å². The van der Waals surface area contributed by atoms with E-state index in [0.717, 1.165) is 161 Å². The Kier molecular flexibility index (Phi) is 65.5. The molecule has 0 aliphatic heterocycles. The molecule has 5 unspecified atom stereocenters. The molecule has 0 aromatic carbocycles. The fourth-order valence-electron chi connectivity index (χ4n) is 10.1. The molecule has 0 heterocycles. The summed E-state index contributed by atoms with van der Waals surface area (Å²) in [4.78, 5) is 72.7. The van der Waals surface area contributed by atoms with Crippen LogP contribution < -0.4 is 0 Å². The molecular weight excluding hydrogens is 1230 g/mol. The van der Waals surface area contributed by atoms with E-state index in [1.54, 1.807) is 0 Å². The minimum absolute atomic E-state index is 0.0754. The van der Waals surface area contributed by atoms with Gasteiger partial charge in [-0.2, -0.15) is 0 Å². The molecule has 0 aromatic heterocycles. The van der Waals surface area contributed by atoms with Gasteiger partial charge in [0.05, 0.1) is 26.4 Å². The van der Waals surface area contributed by atoms with E-state index in [9.17, 15) is 43.2 Å². The highest BCUT2D eigenvalue weighted by molar-refractivity contribution is 7.47. The van der Waals surface area contributed by atoms with E-state index in [0.29, 0.717) is 25.7 Å². The molecule has 94 heavy (non-hydrogen) atoms. The number of phosphoric acid groups is 2. The van der Waals surface area contributed by atoms with Crippen LogP contribution in [0.25, 0.3) is 0 Å². The number of hydrogen-bond donors (Lipinski definition) is 3. The molecule has 0 amide bonds. The quantitative estimate of drug-likeness (QED) is 0.0169. The van der Waals surface area contributed by atoms with Crippen LogP contribution in [0.2, 0.25) is 0 Å². The summed E-state index contributed by atoms with van der Waals surface area (Å²) < 4.78 is 68.3. The Morgan fingerprint density at radius 3 is 0.851 bits per heavy atom. The Morgan fingerprint density at radius 1 is 0.309 bits per heavy atom. The second kappa shape index (κ2) is 68.0. The molecule has 0 radical (unpaired) electrons. The molecule has 3 N–H and O–H groups in total. The van der Waals surface area contributed by atoms with Gasteiger partial charge in [-0.1, -0.05) is 280 Å². The molecular formula is C75H134O17P2. The number of allylic oxidation sites excluding steroid dienone is 12. The molecule has 0 spiro atoms. The average Bonchev–Trinajstić information content (AvgIpc) is 1.29. The van der Waals surface area contributed by atoms with Crippen LogP contribution in [0.15, 0.2) is 72.9 Å². The number of aliphatic hydroxyl groups excluding tert-OH is 1. The molecule has 0 saturated carbocycles. The van der Waals surface area contributed by atoms with Crippen molar-refractivity contribution in [2.75, 3.05) is 39.6 Å². The van der Waals surface area contributed by atoms with Crippen molar-refractivity contribution in [1.82, 2.24) is 0 Å². The summed E-state index contributed by atoms with van der Waals surface area (Å²) >= 11 is 0. The zero-order valence-electron chi connectivity index (χ0n) is 59.4. The molecule has 5 atom stereocenters. The predicted octanol–water partition coefficient (Wildman–Crippen LogP) is 20.9. The van der Waals surface area contributed by atoms with Gasteiger partial charge in [0.25, 0.3) is 0 Å². The van der Waals surface area contributed by atoms with Gasteiger partial charge in [-0.15, -0.1) is 0 Å². The number of carbonyl (C=O) groups excluding carboxylic acids is 4. The molecule has 546 valence electrons. The van der Waals surface area contributed by atoms with Crippen molar-refractivity contribution in [1.29, 1.82) is 0 Å². The molecule has 0 aliphatic rings.